The number of benzene rings is 2. The number of furan rings is 1. The quantitative estimate of drug-likeness (QED) is 0.399. The van der Waals surface area contributed by atoms with Gasteiger partial charge < -0.3 is 9.73 Å². The number of nitrogens with zero attached hydrogens (tertiary/aromatic N) is 1. The first-order valence-electron chi connectivity index (χ1n) is 9.44. The average molecular weight is 452 g/mol. The third kappa shape index (κ3) is 5.20. The van der Waals surface area contributed by atoms with Crippen molar-refractivity contribution >= 4 is 39.9 Å². The highest BCUT2D eigenvalue weighted by molar-refractivity contribution is 7.14. The maximum atomic E-state index is 12.5. The van der Waals surface area contributed by atoms with Gasteiger partial charge in [-0.15, -0.1) is 11.3 Å². The molecule has 0 bridgehead atoms. The Labute approximate surface area is 187 Å². The molecule has 0 spiro atoms. The smallest absolute Gasteiger partial charge is 0.293 e. The fourth-order valence-electron chi connectivity index (χ4n) is 2.87. The maximum absolute atomic E-state index is 12.5. The van der Waals surface area contributed by atoms with Crippen molar-refractivity contribution in [3.63, 3.8) is 0 Å². The summed E-state index contributed by atoms with van der Waals surface area (Å²) in [6, 6.07) is 18.3. The molecule has 0 radical (unpaired) electrons. The van der Waals surface area contributed by atoms with Crippen LogP contribution < -0.4 is 10.6 Å². The van der Waals surface area contributed by atoms with Crippen molar-refractivity contribution in [3.8, 4) is 22.6 Å². The minimum absolute atomic E-state index is 0.0687. The summed E-state index contributed by atoms with van der Waals surface area (Å²) < 4.78 is 5.68. The van der Waals surface area contributed by atoms with E-state index in [1.165, 1.54) is 18.3 Å². The van der Waals surface area contributed by atoms with Gasteiger partial charge in [-0.2, -0.15) is 0 Å². The predicted octanol–water partition coefficient (Wildman–Crippen LogP) is 5.61. The van der Waals surface area contributed by atoms with Crippen molar-refractivity contribution in [1.29, 1.82) is 0 Å². The molecule has 8 heteroatoms. The Morgan fingerprint density at radius 1 is 1.00 bits per heavy atom. The van der Waals surface area contributed by atoms with Crippen molar-refractivity contribution in [2.75, 3.05) is 5.32 Å². The van der Waals surface area contributed by atoms with Gasteiger partial charge in [-0.25, -0.2) is 4.98 Å². The summed E-state index contributed by atoms with van der Waals surface area (Å²) in [5.74, 6) is 0.345. The zero-order valence-corrected chi connectivity index (χ0v) is 18.1. The van der Waals surface area contributed by atoms with Crippen LogP contribution in [0.2, 0.25) is 5.02 Å². The average Bonchev–Trinajstić information content (AvgIpc) is 3.43. The van der Waals surface area contributed by atoms with E-state index in [1.54, 1.807) is 24.3 Å². The lowest BCUT2D eigenvalue weighted by Crippen LogP contribution is -2.18. The molecule has 0 atom stereocenters. The van der Waals surface area contributed by atoms with Crippen LogP contribution in [0, 0.1) is 0 Å². The van der Waals surface area contributed by atoms with Crippen LogP contribution in [0.15, 0.2) is 70.5 Å². The van der Waals surface area contributed by atoms with E-state index in [-0.39, 0.29) is 17.6 Å². The fraction of sp³-hybridized carbons (Fsp3) is 0.0870. The van der Waals surface area contributed by atoms with E-state index in [2.05, 4.69) is 15.6 Å². The summed E-state index contributed by atoms with van der Waals surface area (Å²) in [4.78, 5) is 28.0. The molecule has 156 valence electrons. The first-order valence-corrected chi connectivity index (χ1v) is 10.7. The van der Waals surface area contributed by atoms with Gasteiger partial charge in [0.15, 0.2) is 10.9 Å². The summed E-state index contributed by atoms with van der Waals surface area (Å²) >= 11 is 7.24. The molecule has 31 heavy (non-hydrogen) atoms. The number of thiazole rings is 1. The number of carbonyl (C=O) groups is 2. The lowest BCUT2D eigenvalue weighted by Gasteiger charge is -2.03. The molecule has 6 nitrogen and oxygen atoms in total. The second kappa shape index (κ2) is 9.16. The maximum Gasteiger partial charge on any atom is 0.293 e. The first kappa shape index (κ1) is 20.8. The molecule has 2 aromatic carbocycles. The first-order chi connectivity index (χ1) is 15.0. The molecule has 0 aliphatic rings. The van der Waals surface area contributed by atoms with E-state index >= 15 is 0 Å². The van der Waals surface area contributed by atoms with Gasteiger partial charge in [0, 0.05) is 35.0 Å². The molecule has 0 aliphatic carbocycles. The van der Waals surface area contributed by atoms with Crippen LogP contribution >= 0.6 is 22.9 Å². The van der Waals surface area contributed by atoms with Crippen molar-refractivity contribution in [2.24, 2.45) is 0 Å². The zero-order chi connectivity index (χ0) is 21.8. The van der Waals surface area contributed by atoms with Crippen molar-refractivity contribution in [1.82, 2.24) is 10.3 Å². The second-order valence-electron chi connectivity index (χ2n) is 6.77. The Balaban J connectivity index is 1.41. The van der Waals surface area contributed by atoms with Gasteiger partial charge in [-0.05, 0) is 42.0 Å². The number of rotatable bonds is 6. The van der Waals surface area contributed by atoms with E-state index in [9.17, 15) is 9.59 Å². The van der Waals surface area contributed by atoms with Crippen LogP contribution in [0.25, 0.3) is 22.6 Å². The minimum atomic E-state index is -0.369. The van der Waals surface area contributed by atoms with Gasteiger partial charge in [-0.3, -0.25) is 14.9 Å². The number of halogens is 1. The number of anilines is 1. The Kier molecular flexibility index (Phi) is 6.16. The van der Waals surface area contributed by atoms with Crippen molar-refractivity contribution in [2.45, 2.75) is 13.5 Å². The molecule has 0 fully saturated rings. The van der Waals surface area contributed by atoms with Gasteiger partial charge >= 0.3 is 0 Å². The van der Waals surface area contributed by atoms with E-state index < -0.39 is 0 Å². The topological polar surface area (TPSA) is 84.2 Å². The zero-order valence-electron chi connectivity index (χ0n) is 16.5. The monoisotopic (exact) mass is 451 g/mol. The molecule has 2 aromatic heterocycles. The van der Waals surface area contributed by atoms with Gasteiger partial charge in [0.05, 0.1) is 5.69 Å². The number of carbonyl (C=O) groups excluding carboxylic acids is 2. The van der Waals surface area contributed by atoms with E-state index in [4.69, 9.17) is 16.0 Å². The highest BCUT2D eigenvalue weighted by atomic mass is 35.5. The molecule has 0 saturated heterocycles. The predicted molar refractivity (Wildman–Crippen MR) is 122 cm³/mol. The third-order valence-electron chi connectivity index (χ3n) is 4.47. The van der Waals surface area contributed by atoms with Crippen LogP contribution in [0.3, 0.4) is 0 Å². The fourth-order valence-corrected chi connectivity index (χ4v) is 3.71. The number of hydrogen-bond acceptors (Lipinski definition) is 5. The summed E-state index contributed by atoms with van der Waals surface area (Å²) in [5.41, 5.74) is 3.51. The van der Waals surface area contributed by atoms with E-state index in [0.717, 1.165) is 22.4 Å². The summed E-state index contributed by atoms with van der Waals surface area (Å²) in [5, 5.41) is 8.52. The minimum Gasteiger partial charge on any atom is -0.451 e. The van der Waals surface area contributed by atoms with E-state index in [1.807, 2.05) is 41.8 Å². The molecule has 0 unspecified atom stereocenters. The SMILES string of the molecule is CC(=O)NCc1ccc(-c2csc(NC(=O)c3ccc(-c4ccc(Cl)cc4)o3)n2)cc1. The standard InChI is InChI=1S/C23H18ClN3O3S/c1-14(28)25-12-15-2-4-16(5-3-15)19-13-31-23(26-19)27-22(29)21-11-10-20(30-21)17-6-8-18(24)9-7-17/h2-11,13H,12H2,1H3,(H,25,28)(H,26,27,29). The molecule has 0 aliphatic heterocycles. The lowest BCUT2D eigenvalue weighted by molar-refractivity contribution is -0.119. The highest BCUT2D eigenvalue weighted by Crippen LogP contribution is 2.27. The van der Waals surface area contributed by atoms with Gasteiger partial charge in [0.25, 0.3) is 5.91 Å². The number of aromatic nitrogens is 1. The van der Waals surface area contributed by atoms with Crippen molar-refractivity contribution in [3.05, 3.63) is 82.4 Å². The molecular formula is C23H18ClN3O3S. The molecule has 2 N–H and O–H groups in total. The molecule has 0 saturated carbocycles. The van der Waals surface area contributed by atoms with Gasteiger partial charge in [-0.1, -0.05) is 35.9 Å². The third-order valence-corrected chi connectivity index (χ3v) is 5.48. The molecule has 4 aromatic rings. The van der Waals surface area contributed by atoms with Crippen LogP contribution in [0.5, 0.6) is 0 Å². The Morgan fingerprint density at radius 3 is 2.42 bits per heavy atom. The normalized spacial score (nSPS) is 10.6. The Bertz CT molecular complexity index is 1210. The Hall–Kier alpha value is -3.42. The molecule has 2 heterocycles. The summed E-state index contributed by atoms with van der Waals surface area (Å²) in [6.07, 6.45) is 0. The lowest BCUT2D eigenvalue weighted by atomic mass is 10.1. The Morgan fingerprint density at radius 2 is 1.71 bits per heavy atom. The molecule has 4 rings (SSSR count). The van der Waals surface area contributed by atoms with Crippen LogP contribution in [0.1, 0.15) is 23.0 Å². The number of nitrogens with one attached hydrogen (secondary N) is 2. The summed E-state index contributed by atoms with van der Waals surface area (Å²) in [6.45, 7) is 1.97. The second-order valence-corrected chi connectivity index (χ2v) is 8.06. The van der Waals surface area contributed by atoms with E-state index in [0.29, 0.717) is 22.5 Å². The largest absolute Gasteiger partial charge is 0.451 e. The highest BCUT2D eigenvalue weighted by Gasteiger charge is 2.15. The van der Waals surface area contributed by atoms with Gasteiger partial charge in [0.1, 0.15) is 5.76 Å². The van der Waals surface area contributed by atoms with Crippen LogP contribution in [-0.4, -0.2) is 16.8 Å². The molecule has 2 amide bonds. The van der Waals surface area contributed by atoms with Gasteiger partial charge in [0.2, 0.25) is 5.91 Å². The molecular weight excluding hydrogens is 434 g/mol. The summed E-state index contributed by atoms with van der Waals surface area (Å²) in [7, 11) is 0. The van der Waals surface area contributed by atoms with Crippen LogP contribution in [0.4, 0.5) is 5.13 Å². The number of hydrogen-bond donors (Lipinski definition) is 2. The van der Waals surface area contributed by atoms with Crippen LogP contribution in [-0.2, 0) is 11.3 Å². The van der Waals surface area contributed by atoms with Crippen molar-refractivity contribution < 1.29 is 14.0 Å². The number of amides is 2.